The molecule has 1 amide bonds. The zero-order valence-electron chi connectivity index (χ0n) is 17.7. The molecular weight excluding hydrogens is 372 g/mol. The third-order valence-electron chi connectivity index (χ3n) is 6.29. The summed E-state index contributed by atoms with van der Waals surface area (Å²) in [6, 6.07) is 23.9. The summed E-state index contributed by atoms with van der Waals surface area (Å²) in [6.07, 6.45) is 4.75. The molecule has 0 aliphatic heterocycles. The largest absolute Gasteiger partial charge is 0.307 e. The van der Waals surface area contributed by atoms with Gasteiger partial charge in [0.2, 0.25) is 0 Å². The van der Waals surface area contributed by atoms with Gasteiger partial charge >= 0.3 is 0 Å². The van der Waals surface area contributed by atoms with Gasteiger partial charge in [0, 0.05) is 17.6 Å². The van der Waals surface area contributed by atoms with Gasteiger partial charge in [-0.15, -0.1) is 0 Å². The van der Waals surface area contributed by atoms with Gasteiger partial charge in [0.15, 0.2) is 0 Å². The van der Waals surface area contributed by atoms with Crippen LogP contribution in [-0.4, -0.2) is 19.1 Å². The van der Waals surface area contributed by atoms with Crippen molar-refractivity contribution in [2.75, 3.05) is 7.11 Å². The maximum Gasteiger partial charge on any atom is 0.274 e. The summed E-state index contributed by atoms with van der Waals surface area (Å²) in [6.45, 7) is 2.27. The summed E-state index contributed by atoms with van der Waals surface area (Å²) in [7, 11) is 1.45. The number of carbonyl (C=O) groups is 1. The number of fused-ring (bicyclic) bond motifs is 1. The lowest BCUT2D eigenvalue weighted by Crippen LogP contribution is -2.35. The third-order valence-corrected chi connectivity index (χ3v) is 6.29. The van der Waals surface area contributed by atoms with Gasteiger partial charge in [0.25, 0.3) is 5.91 Å². The van der Waals surface area contributed by atoms with Crippen LogP contribution in [0.4, 0.5) is 0 Å². The number of hydroxylamine groups is 1. The van der Waals surface area contributed by atoms with Crippen molar-refractivity contribution in [2.24, 2.45) is 0 Å². The Hall–Kier alpha value is -2.69. The smallest absolute Gasteiger partial charge is 0.274 e. The molecule has 0 saturated heterocycles. The molecule has 1 aliphatic rings. The van der Waals surface area contributed by atoms with Gasteiger partial charge in [0.1, 0.15) is 0 Å². The molecule has 4 nitrogen and oxygen atoms in total. The SMILES string of the molecule is CONC(=O)c1ccc(C2CCCC(N[C@H](C)c3cccc4ccccc34)C2)cc1. The Balaban J connectivity index is 1.43. The first-order valence-electron chi connectivity index (χ1n) is 10.8. The van der Waals surface area contributed by atoms with E-state index in [0.29, 0.717) is 23.6 Å². The second kappa shape index (κ2) is 9.41. The lowest BCUT2D eigenvalue weighted by molar-refractivity contribution is 0.0537. The molecule has 3 aromatic rings. The maximum atomic E-state index is 11.9. The van der Waals surface area contributed by atoms with E-state index in [1.165, 1.54) is 48.3 Å². The van der Waals surface area contributed by atoms with Crippen molar-refractivity contribution in [2.45, 2.75) is 50.6 Å². The first kappa shape index (κ1) is 20.6. The highest BCUT2D eigenvalue weighted by Crippen LogP contribution is 2.34. The van der Waals surface area contributed by atoms with E-state index in [1.54, 1.807) is 0 Å². The molecule has 156 valence electrons. The first-order valence-corrected chi connectivity index (χ1v) is 10.8. The maximum absolute atomic E-state index is 11.9. The molecule has 0 aromatic heterocycles. The fourth-order valence-corrected chi connectivity index (χ4v) is 4.77. The average Bonchev–Trinajstić information content (AvgIpc) is 2.79. The van der Waals surface area contributed by atoms with Crippen LogP contribution in [0.3, 0.4) is 0 Å². The first-order chi connectivity index (χ1) is 14.7. The third kappa shape index (κ3) is 4.55. The summed E-state index contributed by atoms with van der Waals surface area (Å²) in [5.74, 6) is 0.312. The summed E-state index contributed by atoms with van der Waals surface area (Å²) in [4.78, 5) is 16.6. The lowest BCUT2D eigenvalue weighted by Gasteiger charge is -2.32. The van der Waals surface area contributed by atoms with E-state index in [4.69, 9.17) is 4.84 Å². The van der Waals surface area contributed by atoms with Crippen molar-refractivity contribution in [1.82, 2.24) is 10.8 Å². The number of nitrogens with one attached hydrogen (secondary N) is 2. The van der Waals surface area contributed by atoms with Crippen molar-refractivity contribution in [3.63, 3.8) is 0 Å². The van der Waals surface area contributed by atoms with Crippen LogP contribution in [0.15, 0.2) is 66.7 Å². The van der Waals surface area contributed by atoms with Gasteiger partial charge in [-0.2, -0.15) is 0 Å². The van der Waals surface area contributed by atoms with Gasteiger partial charge < -0.3 is 5.32 Å². The Morgan fingerprint density at radius 3 is 2.57 bits per heavy atom. The molecular formula is C26H30N2O2. The zero-order valence-corrected chi connectivity index (χ0v) is 17.7. The van der Waals surface area contributed by atoms with E-state index in [-0.39, 0.29) is 5.91 Å². The minimum atomic E-state index is -0.212. The summed E-state index contributed by atoms with van der Waals surface area (Å²) in [5, 5.41) is 6.52. The van der Waals surface area contributed by atoms with Crippen LogP contribution in [0.5, 0.6) is 0 Å². The van der Waals surface area contributed by atoms with E-state index >= 15 is 0 Å². The van der Waals surface area contributed by atoms with E-state index < -0.39 is 0 Å². The molecule has 0 heterocycles. The van der Waals surface area contributed by atoms with Gasteiger partial charge in [-0.05, 0) is 66.1 Å². The molecule has 4 heteroatoms. The second-order valence-electron chi connectivity index (χ2n) is 8.27. The Morgan fingerprint density at radius 1 is 1.00 bits per heavy atom. The monoisotopic (exact) mass is 402 g/mol. The highest BCUT2D eigenvalue weighted by molar-refractivity contribution is 5.93. The summed E-state index contributed by atoms with van der Waals surface area (Å²) in [5.41, 5.74) is 5.67. The number of hydrogen-bond donors (Lipinski definition) is 2. The van der Waals surface area contributed by atoms with Crippen molar-refractivity contribution in [1.29, 1.82) is 0 Å². The molecule has 0 spiro atoms. The number of rotatable bonds is 6. The molecule has 2 N–H and O–H groups in total. The Labute approximate surface area is 178 Å². The number of amides is 1. The molecule has 3 atom stereocenters. The quantitative estimate of drug-likeness (QED) is 0.535. The molecule has 1 fully saturated rings. The van der Waals surface area contributed by atoms with Crippen molar-refractivity contribution < 1.29 is 9.63 Å². The Bertz CT molecular complexity index is 994. The molecule has 0 bridgehead atoms. The summed E-state index contributed by atoms with van der Waals surface area (Å²) >= 11 is 0. The average molecular weight is 403 g/mol. The molecule has 0 radical (unpaired) electrons. The predicted molar refractivity (Wildman–Crippen MR) is 121 cm³/mol. The van der Waals surface area contributed by atoms with E-state index in [1.807, 2.05) is 12.1 Å². The van der Waals surface area contributed by atoms with Crippen LogP contribution in [0.1, 0.15) is 66.1 Å². The predicted octanol–water partition coefficient (Wildman–Crippen LogP) is 5.51. The van der Waals surface area contributed by atoms with Crippen molar-refractivity contribution in [3.05, 3.63) is 83.4 Å². The topological polar surface area (TPSA) is 50.4 Å². The van der Waals surface area contributed by atoms with Crippen LogP contribution in [0.25, 0.3) is 10.8 Å². The highest BCUT2D eigenvalue weighted by Gasteiger charge is 2.25. The van der Waals surface area contributed by atoms with Crippen LogP contribution in [0, 0.1) is 0 Å². The number of hydrogen-bond acceptors (Lipinski definition) is 3. The van der Waals surface area contributed by atoms with Gasteiger partial charge in [0.05, 0.1) is 7.11 Å². The minimum absolute atomic E-state index is 0.212. The standard InChI is InChI=1S/C26H30N2O2/c1-18(24-12-6-8-20-7-3-4-11-25(20)24)27-23-10-5-9-22(17-23)19-13-15-21(16-14-19)26(29)28-30-2/h3-4,6-8,11-16,18,22-23,27H,5,9-10,17H2,1-2H3,(H,28,29)/t18-,22?,23?/m1/s1. The van der Waals surface area contributed by atoms with E-state index in [9.17, 15) is 4.79 Å². The molecule has 4 rings (SSSR count). The molecule has 30 heavy (non-hydrogen) atoms. The fourth-order valence-electron chi connectivity index (χ4n) is 4.77. The molecule has 3 aromatic carbocycles. The molecule has 1 aliphatic carbocycles. The number of carbonyl (C=O) groups excluding carboxylic acids is 1. The highest BCUT2D eigenvalue weighted by atomic mass is 16.6. The second-order valence-corrected chi connectivity index (χ2v) is 8.27. The fraction of sp³-hybridized carbons (Fsp3) is 0.346. The van der Waals surface area contributed by atoms with Gasteiger partial charge in [-0.3, -0.25) is 9.63 Å². The normalized spacial score (nSPS) is 20.1. The minimum Gasteiger partial charge on any atom is -0.307 e. The molecule has 2 unspecified atom stereocenters. The summed E-state index contributed by atoms with van der Waals surface area (Å²) < 4.78 is 0. The van der Waals surface area contributed by atoms with E-state index in [2.05, 4.69) is 72.3 Å². The van der Waals surface area contributed by atoms with Crippen LogP contribution < -0.4 is 10.8 Å². The van der Waals surface area contributed by atoms with Gasteiger partial charge in [-0.1, -0.05) is 61.0 Å². The van der Waals surface area contributed by atoms with Crippen LogP contribution in [0.2, 0.25) is 0 Å². The lowest BCUT2D eigenvalue weighted by atomic mass is 9.80. The van der Waals surface area contributed by atoms with Crippen LogP contribution in [-0.2, 0) is 4.84 Å². The molecule has 1 saturated carbocycles. The number of benzene rings is 3. The van der Waals surface area contributed by atoms with Gasteiger partial charge in [-0.25, -0.2) is 5.48 Å². The van der Waals surface area contributed by atoms with E-state index in [0.717, 1.165) is 6.42 Å². The van der Waals surface area contributed by atoms with Crippen LogP contribution >= 0.6 is 0 Å². The van der Waals surface area contributed by atoms with Crippen molar-refractivity contribution in [3.8, 4) is 0 Å². The van der Waals surface area contributed by atoms with Crippen molar-refractivity contribution >= 4 is 16.7 Å². The Kier molecular flexibility index (Phi) is 6.46. The Morgan fingerprint density at radius 2 is 1.77 bits per heavy atom. The zero-order chi connectivity index (χ0) is 20.9.